The van der Waals surface area contributed by atoms with Gasteiger partial charge in [-0.3, -0.25) is 0 Å². The van der Waals surface area contributed by atoms with E-state index in [1.165, 1.54) is 12.8 Å². The third-order valence-electron chi connectivity index (χ3n) is 2.70. The number of likely N-dealkylation sites (N-methyl/N-ethyl adjacent to an activating group) is 1. The third kappa shape index (κ3) is 3.06. The van der Waals surface area contributed by atoms with Crippen molar-refractivity contribution in [1.29, 1.82) is 0 Å². The lowest BCUT2D eigenvalue weighted by Crippen LogP contribution is -2.26. The fourth-order valence-electron chi connectivity index (χ4n) is 1.63. The molecule has 2 N–H and O–H groups in total. The van der Waals surface area contributed by atoms with Gasteiger partial charge in [0.2, 0.25) is 5.88 Å². The first-order valence-electron chi connectivity index (χ1n) is 5.59. The van der Waals surface area contributed by atoms with Crippen molar-refractivity contribution in [2.45, 2.75) is 25.8 Å². The first kappa shape index (κ1) is 11.1. The fraction of sp³-hybridized carbons (Fsp3) is 0.636. The maximum atomic E-state index is 5.61. The zero-order valence-electron chi connectivity index (χ0n) is 9.81. The maximum absolute atomic E-state index is 5.61. The summed E-state index contributed by atoms with van der Waals surface area (Å²) in [5.41, 5.74) is 5.61. The zero-order chi connectivity index (χ0) is 11.5. The van der Waals surface area contributed by atoms with Crippen LogP contribution in [0.4, 0.5) is 5.82 Å². The van der Waals surface area contributed by atoms with Crippen molar-refractivity contribution in [3.8, 4) is 5.88 Å². The molecule has 0 unspecified atom stereocenters. The molecule has 0 saturated heterocycles. The van der Waals surface area contributed by atoms with Crippen molar-refractivity contribution in [2.24, 2.45) is 0 Å². The van der Waals surface area contributed by atoms with Crippen molar-refractivity contribution in [2.75, 3.05) is 25.9 Å². The number of nitrogen functional groups attached to an aromatic ring is 1. The Labute approximate surface area is 95.6 Å². The summed E-state index contributed by atoms with van der Waals surface area (Å²) in [6.07, 6.45) is 2.63. The van der Waals surface area contributed by atoms with E-state index in [0.29, 0.717) is 24.1 Å². The monoisotopic (exact) mass is 222 g/mol. The molecule has 1 aliphatic rings. The highest BCUT2D eigenvalue weighted by Gasteiger charge is 2.25. The molecule has 16 heavy (non-hydrogen) atoms. The van der Waals surface area contributed by atoms with E-state index < -0.39 is 0 Å². The van der Waals surface area contributed by atoms with Crippen LogP contribution in [0.15, 0.2) is 6.07 Å². The van der Waals surface area contributed by atoms with Gasteiger partial charge >= 0.3 is 0 Å². The van der Waals surface area contributed by atoms with Crippen LogP contribution in [0.3, 0.4) is 0 Å². The van der Waals surface area contributed by atoms with Gasteiger partial charge in [-0.1, -0.05) is 0 Å². The Morgan fingerprint density at radius 2 is 2.25 bits per heavy atom. The van der Waals surface area contributed by atoms with Crippen LogP contribution in [0, 0.1) is 6.92 Å². The Balaban J connectivity index is 1.79. The van der Waals surface area contributed by atoms with Crippen molar-refractivity contribution in [1.82, 2.24) is 14.9 Å². The van der Waals surface area contributed by atoms with Gasteiger partial charge < -0.3 is 15.4 Å². The van der Waals surface area contributed by atoms with E-state index in [2.05, 4.69) is 21.9 Å². The quantitative estimate of drug-likeness (QED) is 0.799. The van der Waals surface area contributed by atoms with Gasteiger partial charge in [-0.15, -0.1) is 0 Å². The number of rotatable bonds is 5. The number of ether oxygens (including phenoxy) is 1. The largest absolute Gasteiger partial charge is 0.476 e. The van der Waals surface area contributed by atoms with E-state index in [1.807, 2.05) is 0 Å². The Morgan fingerprint density at radius 3 is 2.88 bits per heavy atom. The topological polar surface area (TPSA) is 64.3 Å². The van der Waals surface area contributed by atoms with E-state index >= 15 is 0 Å². The number of anilines is 1. The molecule has 0 spiro atoms. The number of aryl methyl sites for hydroxylation is 1. The number of nitrogens with two attached hydrogens (primary N) is 1. The Kier molecular flexibility index (Phi) is 3.24. The normalized spacial score (nSPS) is 15.4. The van der Waals surface area contributed by atoms with E-state index in [4.69, 9.17) is 10.5 Å². The maximum Gasteiger partial charge on any atom is 0.218 e. The summed E-state index contributed by atoms with van der Waals surface area (Å²) in [6, 6.07) is 2.42. The van der Waals surface area contributed by atoms with Crippen molar-refractivity contribution in [3.63, 3.8) is 0 Å². The molecular weight excluding hydrogens is 204 g/mol. The van der Waals surface area contributed by atoms with Gasteiger partial charge in [0, 0.05) is 18.7 Å². The molecule has 5 heteroatoms. The molecule has 1 aromatic rings. The summed E-state index contributed by atoms with van der Waals surface area (Å²) in [5.74, 6) is 1.66. The average molecular weight is 222 g/mol. The molecule has 0 atom stereocenters. The lowest BCUT2D eigenvalue weighted by atomic mass is 10.5. The Bertz CT molecular complexity index is 345. The van der Waals surface area contributed by atoms with E-state index in [0.717, 1.165) is 12.6 Å². The Morgan fingerprint density at radius 1 is 1.50 bits per heavy atom. The average Bonchev–Trinajstić information content (AvgIpc) is 2.98. The van der Waals surface area contributed by atoms with Crippen molar-refractivity contribution in [3.05, 3.63) is 11.9 Å². The molecule has 1 aliphatic carbocycles. The predicted molar refractivity (Wildman–Crippen MR) is 62.3 cm³/mol. The van der Waals surface area contributed by atoms with Crippen LogP contribution in [-0.2, 0) is 0 Å². The summed E-state index contributed by atoms with van der Waals surface area (Å²) in [5, 5.41) is 0. The van der Waals surface area contributed by atoms with Crippen molar-refractivity contribution < 1.29 is 4.74 Å². The molecule has 88 valence electrons. The number of hydrogen-bond donors (Lipinski definition) is 1. The van der Waals surface area contributed by atoms with E-state index in [9.17, 15) is 0 Å². The molecule has 1 fully saturated rings. The molecule has 0 aromatic carbocycles. The lowest BCUT2D eigenvalue weighted by molar-refractivity contribution is 0.226. The molecular formula is C11H18N4O. The van der Waals surface area contributed by atoms with Gasteiger partial charge in [0.1, 0.15) is 18.2 Å². The minimum Gasteiger partial charge on any atom is -0.476 e. The summed E-state index contributed by atoms with van der Waals surface area (Å²) in [4.78, 5) is 10.5. The molecule has 1 saturated carbocycles. The van der Waals surface area contributed by atoms with Gasteiger partial charge in [0.25, 0.3) is 0 Å². The fourth-order valence-corrected chi connectivity index (χ4v) is 1.63. The molecule has 0 bridgehead atoms. The van der Waals surface area contributed by atoms with Crippen LogP contribution in [0.2, 0.25) is 0 Å². The highest BCUT2D eigenvalue weighted by Crippen LogP contribution is 2.24. The third-order valence-corrected chi connectivity index (χ3v) is 2.70. The molecule has 5 nitrogen and oxygen atoms in total. The standard InChI is InChI=1S/C11H18N4O/c1-8-13-10(12)7-11(14-8)16-6-5-15(2)9-3-4-9/h7,9H,3-6H2,1-2H3,(H2,12,13,14). The van der Waals surface area contributed by atoms with Crippen molar-refractivity contribution >= 4 is 5.82 Å². The molecule has 1 aromatic heterocycles. The van der Waals surface area contributed by atoms with Gasteiger partial charge in [-0.25, -0.2) is 4.98 Å². The van der Waals surface area contributed by atoms with Crippen LogP contribution < -0.4 is 10.5 Å². The SMILES string of the molecule is Cc1nc(N)cc(OCCN(C)C2CC2)n1. The highest BCUT2D eigenvalue weighted by atomic mass is 16.5. The summed E-state index contributed by atoms with van der Waals surface area (Å²) in [6.45, 7) is 3.37. The molecule has 1 heterocycles. The van der Waals surface area contributed by atoms with Crippen LogP contribution in [-0.4, -0.2) is 41.1 Å². The number of nitrogens with zero attached hydrogens (tertiary/aromatic N) is 3. The molecule has 0 amide bonds. The van der Waals surface area contributed by atoms with Gasteiger partial charge in [0.05, 0.1) is 0 Å². The minimum absolute atomic E-state index is 0.457. The first-order chi connectivity index (χ1) is 7.65. The van der Waals surface area contributed by atoms with E-state index in [1.54, 1.807) is 13.0 Å². The number of hydrogen-bond acceptors (Lipinski definition) is 5. The molecule has 0 aliphatic heterocycles. The summed E-state index contributed by atoms with van der Waals surface area (Å²) in [7, 11) is 2.13. The number of aromatic nitrogens is 2. The smallest absolute Gasteiger partial charge is 0.218 e. The second-order valence-corrected chi connectivity index (χ2v) is 4.24. The van der Waals surface area contributed by atoms with Crippen LogP contribution in [0.25, 0.3) is 0 Å². The first-order valence-corrected chi connectivity index (χ1v) is 5.59. The lowest BCUT2D eigenvalue weighted by Gasteiger charge is -2.15. The van der Waals surface area contributed by atoms with Crippen LogP contribution >= 0.6 is 0 Å². The van der Waals surface area contributed by atoms with Gasteiger partial charge in [0.15, 0.2) is 0 Å². The highest BCUT2D eigenvalue weighted by molar-refractivity contribution is 5.32. The van der Waals surface area contributed by atoms with Gasteiger partial charge in [-0.05, 0) is 26.8 Å². The minimum atomic E-state index is 0.457. The zero-order valence-corrected chi connectivity index (χ0v) is 9.81. The van der Waals surface area contributed by atoms with Crippen LogP contribution in [0.1, 0.15) is 18.7 Å². The molecule has 0 radical (unpaired) electrons. The van der Waals surface area contributed by atoms with Gasteiger partial charge in [-0.2, -0.15) is 4.98 Å². The summed E-state index contributed by atoms with van der Waals surface area (Å²) < 4.78 is 5.54. The predicted octanol–water partition coefficient (Wildman–Crippen LogP) is 0.840. The van der Waals surface area contributed by atoms with Crippen LogP contribution in [0.5, 0.6) is 5.88 Å². The Hall–Kier alpha value is -1.36. The van der Waals surface area contributed by atoms with E-state index in [-0.39, 0.29) is 0 Å². The summed E-state index contributed by atoms with van der Waals surface area (Å²) >= 11 is 0. The molecule has 2 rings (SSSR count). The second kappa shape index (κ2) is 4.65. The second-order valence-electron chi connectivity index (χ2n) is 4.24.